The van der Waals surface area contributed by atoms with E-state index in [1.807, 2.05) is 30.3 Å². The van der Waals surface area contributed by atoms with Gasteiger partial charge in [0.15, 0.2) is 0 Å². The van der Waals surface area contributed by atoms with Gasteiger partial charge in [-0.2, -0.15) is 0 Å². The molecule has 0 aliphatic heterocycles. The third kappa shape index (κ3) is 8.40. The number of rotatable bonds is 5. The summed E-state index contributed by atoms with van der Waals surface area (Å²) in [7, 11) is -2.35. The minimum Gasteiger partial charge on any atom is -0.871 e. The standard InChI is InChI=1S/C17H25NO4S/c1-17(2,3)22-16(20)18-14(15(19)12-23(4,5)21)11-13-9-7-6-8-10-13/h6-10,12,14H,11H2,1-5H3,(H-,18,19,20,21)/t14-/m1/s1. The average Bonchev–Trinajstić information content (AvgIpc) is 2.34. The number of carbonyl (C=O) groups excluding carboxylic acids is 1. The van der Waals surface area contributed by atoms with E-state index in [2.05, 4.69) is 5.32 Å². The lowest BCUT2D eigenvalue weighted by molar-refractivity contribution is -0.309. The first kappa shape index (κ1) is 19.2. The van der Waals surface area contributed by atoms with Gasteiger partial charge in [-0.3, -0.25) is 0 Å². The van der Waals surface area contributed by atoms with Crippen molar-refractivity contribution in [1.29, 1.82) is 0 Å². The predicted octanol–water partition coefficient (Wildman–Crippen LogP) is 2.08. The summed E-state index contributed by atoms with van der Waals surface area (Å²) >= 11 is 0. The van der Waals surface area contributed by atoms with E-state index >= 15 is 0 Å². The number of alkyl carbamates (subject to hydrolysis) is 1. The first-order valence-electron chi connectivity index (χ1n) is 7.32. The molecular weight excluding hydrogens is 314 g/mol. The first-order chi connectivity index (χ1) is 10.5. The molecule has 5 nitrogen and oxygen atoms in total. The number of amides is 1. The maximum Gasteiger partial charge on any atom is 0.408 e. The molecule has 0 radical (unpaired) electrons. The molecule has 1 aromatic rings. The van der Waals surface area contributed by atoms with Crippen molar-refractivity contribution in [2.24, 2.45) is 0 Å². The molecule has 0 fully saturated rings. The summed E-state index contributed by atoms with van der Waals surface area (Å²) in [6, 6.07) is 8.51. The second-order valence-corrected chi connectivity index (χ2v) is 9.57. The van der Waals surface area contributed by atoms with E-state index in [1.165, 1.54) is 17.9 Å². The number of carbonyl (C=O) groups is 1. The number of hydrogen-bond acceptors (Lipinski definition) is 4. The molecule has 0 aliphatic rings. The molecule has 1 N–H and O–H groups in total. The van der Waals surface area contributed by atoms with E-state index in [4.69, 9.17) is 4.74 Å². The molecule has 23 heavy (non-hydrogen) atoms. The van der Waals surface area contributed by atoms with E-state index in [0.717, 1.165) is 5.56 Å². The summed E-state index contributed by atoms with van der Waals surface area (Å²) in [5.74, 6) is -0.380. The zero-order chi connectivity index (χ0) is 17.7. The van der Waals surface area contributed by atoms with Gasteiger partial charge in [0.1, 0.15) is 33.5 Å². The quantitative estimate of drug-likeness (QED) is 0.658. The van der Waals surface area contributed by atoms with Crippen LogP contribution in [0.5, 0.6) is 0 Å². The summed E-state index contributed by atoms with van der Waals surface area (Å²) in [6.07, 6.45) is 2.61. The van der Waals surface area contributed by atoms with Crippen LogP contribution in [0.25, 0.3) is 0 Å². The number of nitrogens with one attached hydrogen (secondary N) is 1. The van der Waals surface area contributed by atoms with Crippen LogP contribution in [0.4, 0.5) is 4.79 Å². The number of ether oxygens (including phenoxy) is 1. The highest BCUT2D eigenvalue weighted by molar-refractivity contribution is 8.04. The Labute approximate surface area is 139 Å². The molecule has 1 aromatic carbocycles. The molecule has 0 bridgehead atoms. The second kappa shape index (κ2) is 7.64. The van der Waals surface area contributed by atoms with Crippen molar-refractivity contribution in [3.05, 3.63) is 47.1 Å². The Morgan fingerprint density at radius 3 is 2.35 bits per heavy atom. The Balaban J connectivity index is 2.95. The molecule has 0 aliphatic carbocycles. The van der Waals surface area contributed by atoms with Gasteiger partial charge in [-0.1, -0.05) is 36.1 Å². The van der Waals surface area contributed by atoms with Crippen LogP contribution in [0.15, 0.2) is 41.5 Å². The molecule has 0 heterocycles. The molecule has 0 unspecified atom stereocenters. The van der Waals surface area contributed by atoms with Crippen molar-refractivity contribution >= 4 is 16.0 Å². The maximum atomic E-state index is 12.4. The molecule has 0 aromatic heterocycles. The Kier molecular flexibility index (Phi) is 6.38. The van der Waals surface area contributed by atoms with Crippen LogP contribution in [-0.2, 0) is 25.3 Å². The maximum absolute atomic E-state index is 12.4. The third-order valence-electron chi connectivity index (χ3n) is 2.72. The van der Waals surface area contributed by atoms with Crippen molar-refractivity contribution in [1.82, 2.24) is 5.32 Å². The van der Waals surface area contributed by atoms with E-state index in [-0.39, 0.29) is 5.76 Å². The predicted molar refractivity (Wildman–Crippen MR) is 91.3 cm³/mol. The third-order valence-corrected chi connectivity index (χ3v) is 3.52. The lowest BCUT2D eigenvalue weighted by atomic mass is 10.1. The number of hydrogen-bond donors (Lipinski definition) is 1. The van der Waals surface area contributed by atoms with Crippen molar-refractivity contribution < 1.29 is 18.8 Å². The zero-order valence-electron chi connectivity index (χ0n) is 14.3. The fraction of sp³-hybridized carbons (Fsp3) is 0.471. The lowest BCUT2D eigenvalue weighted by Crippen LogP contribution is -2.44. The van der Waals surface area contributed by atoms with Gasteiger partial charge in [-0.05, 0) is 32.8 Å². The van der Waals surface area contributed by atoms with Gasteiger partial charge in [-0.25, -0.2) is 4.79 Å². The highest BCUT2D eigenvalue weighted by Crippen LogP contribution is 2.12. The Bertz CT molecular complexity index is 599. The van der Waals surface area contributed by atoms with Crippen LogP contribution in [0.1, 0.15) is 26.3 Å². The molecule has 1 rings (SSSR count). The van der Waals surface area contributed by atoms with Gasteiger partial charge in [-0.15, -0.1) is 4.21 Å². The minimum atomic E-state index is -2.35. The van der Waals surface area contributed by atoms with Crippen LogP contribution in [-0.4, -0.2) is 30.2 Å². The summed E-state index contributed by atoms with van der Waals surface area (Å²) in [6.45, 7) is 5.24. The SMILES string of the molecule is CC(C)(C)OC(=O)N[C@H](Cc1ccccc1)/C([O-])=C/[S+](C)(C)=O. The van der Waals surface area contributed by atoms with Gasteiger partial charge in [0.2, 0.25) is 0 Å². The molecule has 0 saturated heterocycles. The summed E-state index contributed by atoms with van der Waals surface area (Å²) in [5, 5.41) is 16.1. The molecule has 128 valence electrons. The molecule has 0 saturated carbocycles. The van der Waals surface area contributed by atoms with E-state index < -0.39 is 27.7 Å². The molecular formula is C17H25NO4S. The van der Waals surface area contributed by atoms with Crippen LogP contribution in [0.3, 0.4) is 0 Å². The van der Waals surface area contributed by atoms with Gasteiger partial charge in [0.25, 0.3) is 0 Å². The summed E-state index contributed by atoms with van der Waals surface area (Å²) in [5.41, 5.74) is 0.242. The second-order valence-electron chi connectivity index (χ2n) is 6.72. The summed E-state index contributed by atoms with van der Waals surface area (Å²) < 4.78 is 17.0. The largest absolute Gasteiger partial charge is 0.871 e. The zero-order valence-corrected chi connectivity index (χ0v) is 15.1. The highest BCUT2D eigenvalue weighted by atomic mass is 32.2. The van der Waals surface area contributed by atoms with Gasteiger partial charge in [0.05, 0.1) is 6.04 Å². The monoisotopic (exact) mass is 339 g/mol. The van der Waals surface area contributed by atoms with Crippen LogP contribution >= 0.6 is 0 Å². The normalized spacial score (nSPS) is 14.2. The molecule has 1 amide bonds. The first-order valence-corrected chi connectivity index (χ1v) is 9.76. The van der Waals surface area contributed by atoms with Crippen molar-refractivity contribution in [2.75, 3.05) is 12.5 Å². The number of benzene rings is 1. The van der Waals surface area contributed by atoms with Crippen LogP contribution in [0.2, 0.25) is 0 Å². The van der Waals surface area contributed by atoms with Crippen molar-refractivity contribution in [3.63, 3.8) is 0 Å². The Morgan fingerprint density at radius 1 is 1.30 bits per heavy atom. The fourth-order valence-electron chi connectivity index (χ4n) is 1.88. The van der Waals surface area contributed by atoms with Gasteiger partial charge >= 0.3 is 6.09 Å². The fourth-order valence-corrected chi connectivity index (χ4v) is 2.61. The van der Waals surface area contributed by atoms with E-state index in [1.54, 1.807) is 20.8 Å². The van der Waals surface area contributed by atoms with Gasteiger partial charge < -0.3 is 15.2 Å². The topological polar surface area (TPSA) is 78.5 Å². The Morgan fingerprint density at radius 2 is 1.87 bits per heavy atom. The smallest absolute Gasteiger partial charge is 0.408 e. The lowest BCUT2D eigenvalue weighted by Gasteiger charge is -2.27. The van der Waals surface area contributed by atoms with Crippen molar-refractivity contribution in [2.45, 2.75) is 38.8 Å². The van der Waals surface area contributed by atoms with Crippen LogP contribution in [0, 0.1) is 0 Å². The average molecular weight is 339 g/mol. The highest BCUT2D eigenvalue weighted by Gasteiger charge is 2.21. The van der Waals surface area contributed by atoms with E-state index in [0.29, 0.717) is 6.42 Å². The minimum absolute atomic E-state index is 0.310. The molecule has 1 atom stereocenters. The van der Waals surface area contributed by atoms with Crippen LogP contribution < -0.4 is 10.4 Å². The summed E-state index contributed by atoms with van der Waals surface area (Å²) in [4.78, 5) is 12.0. The molecule has 6 heteroatoms. The molecule has 0 spiro atoms. The van der Waals surface area contributed by atoms with Crippen molar-refractivity contribution in [3.8, 4) is 0 Å². The van der Waals surface area contributed by atoms with E-state index in [9.17, 15) is 14.1 Å². The van der Waals surface area contributed by atoms with Gasteiger partial charge in [0, 0.05) is 0 Å². The Hall–Kier alpha value is -1.82.